The quantitative estimate of drug-likeness (QED) is 0.0851. The normalized spacial score (nSPS) is 15.3. The fourth-order valence-electron chi connectivity index (χ4n) is 5.50. The Morgan fingerprint density at radius 1 is 0.754 bits per heavy atom. The number of carbonyl (C=O) groups excluding carboxylic acids is 8. The topological polar surface area (TPSA) is 235 Å². The summed E-state index contributed by atoms with van der Waals surface area (Å²) in [4.78, 5) is 105. The average Bonchev–Trinajstić information content (AvgIpc) is 3.61. The number of hydrogen-bond donors (Lipinski definition) is 3. The van der Waals surface area contributed by atoms with E-state index in [0.717, 1.165) is 26.9 Å². The van der Waals surface area contributed by atoms with Crippen molar-refractivity contribution in [2.24, 2.45) is 0 Å². The number of esters is 6. The number of likely N-dealkylation sites (N-methyl/N-ethyl adjacent to an activating group) is 1. The van der Waals surface area contributed by atoms with E-state index in [0.29, 0.717) is 46.9 Å². The van der Waals surface area contributed by atoms with E-state index in [1.165, 1.54) is 39.8 Å². The van der Waals surface area contributed by atoms with Crippen LogP contribution in [0.5, 0.6) is 5.75 Å². The first kappa shape index (κ1) is 45.4. The molecule has 1 aromatic carbocycles. The van der Waals surface area contributed by atoms with Crippen LogP contribution in [0.4, 0.5) is 5.69 Å². The van der Waals surface area contributed by atoms with Crippen molar-refractivity contribution in [1.82, 2.24) is 15.2 Å². The van der Waals surface area contributed by atoms with Gasteiger partial charge in [0, 0.05) is 42.7 Å². The maximum absolute atomic E-state index is 13.1. The minimum atomic E-state index is -1.54. The van der Waals surface area contributed by atoms with Crippen LogP contribution >= 0.6 is 0 Å². The number of aryl methyl sites for hydroxylation is 1. The number of benzene rings is 1. The number of carbonyl (C=O) groups is 8. The van der Waals surface area contributed by atoms with Crippen molar-refractivity contribution in [2.45, 2.75) is 99.8 Å². The predicted octanol–water partition coefficient (Wildman–Crippen LogP) is 2.78. The van der Waals surface area contributed by atoms with E-state index in [9.17, 15) is 38.4 Å². The minimum absolute atomic E-state index is 0.0348. The third-order valence-electron chi connectivity index (χ3n) is 8.77. The SMILES string of the molecule is CCN(CC)CCNC(=O)c1c(C)[nH]c(/C=C2\C(=O)Nc3ccc(OC(=O)[C@H](C)OC(=O)[C@H](C)OC(=O)[C@H](C)OC(=O)[C@H](C)OC(=O)[C@H](C)OC(C)=O)cc32)c1C. The molecule has 0 saturated heterocycles. The number of fused-ring (bicyclic) bond motifs is 1. The van der Waals surface area contributed by atoms with E-state index in [4.69, 9.17) is 23.7 Å². The Bertz CT molecular complexity index is 1910. The molecule has 0 radical (unpaired) electrons. The molecule has 18 nitrogen and oxygen atoms in total. The molecule has 0 saturated carbocycles. The van der Waals surface area contributed by atoms with Crippen molar-refractivity contribution in [3.63, 3.8) is 0 Å². The van der Waals surface area contributed by atoms with Gasteiger partial charge in [-0.05, 0) is 91.4 Å². The van der Waals surface area contributed by atoms with Crippen molar-refractivity contribution >= 4 is 65.0 Å². The summed E-state index contributed by atoms with van der Waals surface area (Å²) in [6, 6.07) is 4.44. The predicted molar refractivity (Wildman–Crippen MR) is 202 cm³/mol. The summed E-state index contributed by atoms with van der Waals surface area (Å²) in [6.07, 6.45) is -5.70. The summed E-state index contributed by atoms with van der Waals surface area (Å²) in [5.74, 6) is -6.72. The molecule has 0 aliphatic carbocycles. The smallest absolute Gasteiger partial charge is 0.352 e. The van der Waals surface area contributed by atoms with E-state index in [1.807, 2.05) is 0 Å². The van der Waals surface area contributed by atoms with Crippen LogP contribution in [0.2, 0.25) is 0 Å². The maximum atomic E-state index is 13.1. The van der Waals surface area contributed by atoms with Gasteiger partial charge < -0.3 is 48.9 Å². The van der Waals surface area contributed by atoms with Crippen LogP contribution in [0, 0.1) is 13.8 Å². The Morgan fingerprint density at radius 2 is 1.25 bits per heavy atom. The molecule has 0 unspecified atom stereocenters. The van der Waals surface area contributed by atoms with Crippen LogP contribution in [0.15, 0.2) is 18.2 Å². The van der Waals surface area contributed by atoms with Gasteiger partial charge in [-0.2, -0.15) is 0 Å². The zero-order valence-corrected chi connectivity index (χ0v) is 33.7. The minimum Gasteiger partial charge on any atom is -0.451 e. The van der Waals surface area contributed by atoms with Crippen LogP contribution in [-0.2, 0) is 57.2 Å². The zero-order valence-electron chi connectivity index (χ0n) is 33.7. The van der Waals surface area contributed by atoms with Crippen LogP contribution in [0.3, 0.4) is 0 Å². The van der Waals surface area contributed by atoms with Crippen LogP contribution in [0.25, 0.3) is 11.6 Å². The lowest BCUT2D eigenvalue weighted by atomic mass is 10.0. The van der Waals surface area contributed by atoms with Gasteiger partial charge in [0.15, 0.2) is 30.5 Å². The largest absolute Gasteiger partial charge is 0.451 e. The van der Waals surface area contributed by atoms with E-state index in [-0.39, 0.29) is 17.2 Å². The van der Waals surface area contributed by atoms with E-state index in [1.54, 1.807) is 26.0 Å². The number of aromatic nitrogens is 1. The van der Waals surface area contributed by atoms with Gasteiger partial charge in [-0.15, -0.1) is 0 Å². The standard InChI is InChI=1S/C39H50N4O14/c1-11-43(12-2)16-15-40-34(46)32-19(3)31(41-20(32)4)18-29-28-17-27(13-14-30(28)42-33(29)45)57-39(51)25(9)56-38(50)24(8)55-37(49)23(7)54-36(48)22(6)53-35(47)21(5)52-26(10)44/h13-14,17-18,21-25,41H,11-12,15-16H2,1-10H3,(H,40,46)(H,42,45)/b29-18-/t21-,22-,23-,24-,25-/m0/s1. The summed E-state index contributed by atoms with van der Waals surface area (Å²) in [5.41, 5.74) is 3.44. The second-order valence-corrected chi connectivity index (χ2v) is 13.2. The highest BCUT2D eigenvalue weighted by Gasteiger charge is 2.32. The number of rotatable bonds is 18. The second kappa shape index (κ2) is 20.2. The Kier molecular flexibility index (Phi) is 16.1. The highest BCUT2D eigenvalue weighted by Crippen LogP contribution is 2.36. The highest BCUT2D eigenvalue weighted by molar-refractivity contribution is 6.35. The molecule has 3 rings (SSSR count). The van der Waals surface area contributed by atoms with Crippen LogP contribution in [0.1, 0.15) is 88.3 Å². The summed E-state index contributed by atoms with van der Waals surface area (Å²) < 4.78 is 30.1. The van der Waals surface area contributed by atoms with Gasteiger partial charge in [-0.25, -0.2) is 24.0 Å². The van der Waals surface area contributed by atoms with Gasteiger partial charge in [-0.1, -0.05) is 13.8 Å². The fraction of sp³-hybridized carbons (Fsp3) is 0.487. The molecular formula is C39H50N4O14. The molecule has 0 spiro atoms. The lowest BCUT2D eigenvalue weighted by Crippen LogP contribution is -2.38. The maximum Gasteiger partial charge on any atom is 0.352 e. The van der Waals surface area contributed by atoms with E-state index < -0.39 is 72.2 Å². The number of aromatic amines is 1. The highest BCUT2D eigenvalue weighted by atomic mass is 16.6. The lowest BCUT2D eigenvalue weighted by Gasteiger charge is -2.20. The number of nitrogens with zero attached hydrogens (tertiary/aromatic N) is 1. The third-order valence-corrected chi connectivity index (χ3v) is 8.77. The number of amides is 2. The first-order chi connectivity index (χ1) is 26.8. The molecule has 0 bridgehead atoms. The molecule has 2 heterocycles. The first-order valence-corrected chi connectivity index (χ1v) is 18.4. The molecule has 1 aliphatic heterocycles. The molecule has 2 amide bonds. The second-order valence-electron chi connectivity index (χ2n) is 13.2. The number of hydrogen-bond acceptors (Lipinski definition) is 15. The van der Waals surface area contributed by atoms with E-state index in [2.05, 4.69) is 39.1 Å². The molecule has 3 N–H and O–H groups in total. The van der Waals surface area contributed by atoms with Gasteiger partial charge in [0.1, 0.15) is 5.75 Å². The molecule has 5 atom stereocenters. The van der Waals surface area contributed by atoms with Crippen molar-refractivity contribution in [3.05, 3.63) is 46.3 Å². The van der Waals surface area contributed by atoms with Crippen molar-refractivity contribution in [1.29, 1.82) is 0 Å². The van der Waals surface area contributed by atoms with Crippen molar-refractivity contribution in [2.75, 3.05) is 31.5 Å². The molecule has 0 fully saturated rings. The Labute approximate surface area is 329 Å². The molecule has 57 heavy (non-hydrogen) atoms. The monoisotopic (exact) mass is 798 g/mol. The Morgan fingerprint density at radius 3 is 1.74 bits per heavy atom. The summed E-state index contributed by atoms with van der Waals surface area (Å²) in [6.45, 7) is 17.7. The van der Waals surface area contributed by atoms with Gasteiger partial charge >= 0.3 is 35.8 Å². The molecule has 1 aromatic heterocycles. The summed E-state index contributed by atoms with van der Waals surface area (Å²) in [5, 5.41) is 5.72. The van der Waals surface area contributed by atoms with Crippen molar-refractivity contribution in [3.8, 4) is 5.75 Å². The molecular weight excluding hydrogens is 748 g/mol. The molecule has 2 aromatic rings. The van der Waals surface area contributed by atoms with Crippen molar-refractivity contribution < 1.29 is 66.8 Å². The van der Waals surface area contributed by atoms with Gasteiger partial charge in [0.2, 0.25) is 0 Å². The third kappa shape index (κ3) is 12.2. The van der Waals surface area contributed by atoms with Gasteiger partial charge in [0.25, 0.3) is 11.8 Å². The average molecular weight is 799 g/mol. The summed E-state index contributed by atoms with van der Waals surface area (Å²) >= 11 is 0. The number of anilines is 1. The van der Waals surface area contributed by atoms with Gasteiger partial charge in [-0.3, -0.25) is 14.4 Å². The molecule has 1 aliphatic rings. The molecule has 18 heteroatoms. The van der Waals surface area contributed by atoms with E-state index >= 15 is 0 Å². The lowest BCUT2D eigenvalue weighted by molar-refractivity contribution is -0.186. The number of ether oxygens (including phenoxy) is 6. The zero-order chi connectivity index (χ0) is 42.7. The fourth-order valence-corrected chi connectivity index (χ4v) is 5.50. The summed E-state index contributed by atoms with van der Waals surface area (Å²) in [7, 11) is 0. The van der Waals surface area contributed by atoms with Crippen LogP contribution < -0.4 is 15.4 Å². The first-order valence-electron chi connectivity index (χ1n) is 18.4. The Balaban J connectivity index is 1.59. The number of nitrogens with one attached hydrogen (secondary N) is 3. The van der Waals surface area contributed by atoms with Crippen LogP contribution in [-0.4, -0.2) is 114 Å². The number of H-pyrrole nitrogens is 1. The molecule has 310 valence electrons. The Hall–Kier alpha value is -6.04. The van der Waals surface area contributed by atoms with Gasteiger partial charge in [0.05, 0.1) is 11.1 Å².